The van der Waals surface area contributed by atoms with Crippen LogP contribution < -0.4 is 10.1 Å². The summed E-state index contributed by atoms with van der Waals surface area (Å²) in [6, 6.07) is 12.2. The van der Waals surface area contributed by atoms with Gasteiger partial charge in [0.25, 0.3) is 5.91 Å². The van der Waals surface area contributed by atoms with Gasteiger partial charge in [0.15, 0.2) is 6.61 Å². The van der Waals surface area contributed by atoms with E-state index in [1.165, 1.54) is 10.4 Å². The molecule has 1 saturated heterocycles. The maximum Gasteiger partial charge on any atom is 0.261 e. The Labute approximate surface area is 147 Å². The fourth-order valence-corrected chi connectivity index (χ4v) is 3.66. The van der Waals surface area contributed by atoms with Crippen LogP contribution in [-0.4, -0.2) is 36.5 Å². The van der Waals surface area contributed by atoms with Crippen LogP contribution in [0.5, 0.6) is 5.75 Å². The van der Waals surface area contributed by atoms with Gasteiger partial charge in [-0.15, -0.1) is 11.3 Å². The lowest BCUT2D eigenvalue weighted by atomic mass is 10.1. The second kappa shape index (κ2) is 8.31. The Kier molecular flexibility index (Phi) is 5.88. The summed E-state index contributed by atoms with van der Waals surface area (Å²) in [7, 11) is 0. The topological polar surface area (TPSA) is 41.6 Å². The zero-order valence-corrected chi connectivity index (χ0v) is 14.8. The van der Waals surface area contributed by atoms with Gasteiger partial charge >= 0.3 is 0 Å². The standard InChI is InChI=1S/C19H24N2O2S/c1-15-6-8-17(9-7-15)23-14-19(22)21(13-18-5-3-11-24-18)16-4-2-10-20-12-16/h3,5-9,11,16,20H,2,4,10,12-14H2,1H3. The Hall–Kier alpha value is -1.85. The van der Waals surface area contributed by atoms with E-state index in [9.17, 15) is 4.79 Å². The second-order valence-electron chi connectivity index (χ2n) is 6.20. The molecule has 1 unspecified atom stereocenters. The van der Waals surface area contributed by atoms with Crippen LogP contribution >= 0.6 is 11.3 Å². The molecule has 0 aliphatic carbocycles. The maximum absolute atomic E-state index is 12.8. The largest absolute Gasteiger partial charge is 0.484 e. The van der Waals surface area contributed by atoms with Gasteiger partial charge in [0.1, 0.15) is 5.75 Å². The van der Waals surface area contributed by atoms with Gasteiger partial charge in [-0.25, -0.2) is 0 Å². The lowest BCUT2D eigenvalue weighted by Crippen LogP contribution is -2.49. The summed E-state index contributed by atoms with van der Waals surface area (Å²) in [5, 5.41) is 5.45. The van der Waals surface area contributed by atoms with Crippen molar-refractivity contribution in [1.29, 1.82) is 0 Å². The van der Waals surface area contributed by atoms with E-state index in [1.807, 2.05) is 42.2 Å². The smallest absolute Gasteiger partial charge is 0.261 e. The minimum atomic E-state index is 0.0534. The summed E-state index contributed by atoms with van der Waals surface area (Å²) in [6.07, 6.45) is 2.16. The highest BCUT2D eigenvalue weighted by molar-refractivity contribution is 7.09. The molecule has 0 radical (unpaired) electrons. The third-order valence-corrected chi connectivity index (χ3v) is 5.18. The Bertz CT molecular complexity index is 634. The Morgan fingerprint density at radius 1 is 1.33 bits per heavy atom. The number of rotatable bonds is 6. The van der Waals surface area contributed by atoms with Gasteiger partial charge in [-0.3, -0.25) is 4.79 Å². The fraction of sp³-hybridized carbons (Fsp3) is 0.421. The zero-order chi connectivity index (χ0) is 16.8. The molecule has 1 aromatic heterocycles. The van der Waals surface area contributed by atoms with E-state index in [2.05, 4.69) is 16.8 Å². The number of nitrogens with zero attached hydrogens (tertiary/aromatic N) is 1. The molecule has 3 rings (SSSR count). The number of nitrogens with one attached hydrogen (secondary N) is 1. The van der Waals surface area contributed by atoms with Crippen LogP contribution in [-0.2, 0) is 11.3 Å². The monoisotopic (exact) mass is 344 g/mol. The maximum atomic E-state index is 12.8. The number of aryl methyl sites for hydroxylation is 1. The molecule has 5 heteroatoms. The summed E-state index contributed by atoms with van der Waals surface area (Å²) in [5.41, 5.74) is 1.18. The van der Waals surface area contributed by atoms with Crippen molar-refractivity contribution in [2.75, 3.05) is 19.7 Å². The van der Waals surface area contributed by atoms with Crippen molar-refractivity contribution in [2.45, 2.75) is 32.4 Å². The molecule has 1 fully saturated rings. The highest BCUT2D eigenvalue weighted by Gasteiger charge is 2.26. The van der Waals surface area contributed by atoms with Crippen molar-refractivity contribution < 1.29 is 9.53 Å². The number of piperidine rings is 1. The molecule has 0 saturated carbocycles. The van der Waals surface area contributed by atoms with Gasteiger partial charge in [0.2, 0.25) is 0 Å². The molecule has 4 nitrogen and oxygen atoms in total. The van der Waals surface area contributed by atoms with Crippen molar-refractivity contribution in [2.24, 2.45) is 0 Å². The average molecular weight is 344 g/mol. The number of benzene rings is 1. The molecular formula is C19H24N2O2S. The first-order valence-corrected chi connectivity index (χ1v) is 9.32. The number of amides is 1. The summed E-state index contributed by atoms with van der Waals surface area (Å²) in [6.45, 7) is 4.69. The molecule has 1 atom stereocenters. The molecule has 2 aromatic rings. The first kappa shape index (κ1) is 17.0. The number of hydrogen-bond acceptors (Lipinski definition) is 4. The predicted molar refractivity (Wildman–Crippen MR) is 97.4 cm³/mol. The van der Waals surface area contributed by atoms with E-state index in [0.717, 1.165) is 31.7 Å². The van der Waals surface area contributed by atoms with Crippen LogP contribution in [0.4, 0.5) is 0 Å². The van der Waals surface area contributed by atoms with Crippen molar-refractivity contribution >= 4 is 17.2 Å². The molecule has 1 amide bonds. The molecule has 24 heavy (non-hydrogen) atoms. The quantitative estimate of drug-likeness (QED) is 0.875. The van der Waals surface area contributed by atoms with Crippen LogP contribution in [0.15, 0.2) is 41.8 Å². The molecule has 0 bridgehead atoms. The van der Waals surface area contributed by atoms with E-state index in [0.29, 0.717) is 6.54 Å². The first-order valence-electron chi connectivity index (χ1n) is 8.44. The van der Waals surface area contributed by atoms with Gasteiger partial charge in [-0.05, 0) is 49.9 Å². The highest BCUT2D eigenvalue weighted by atomic mass is 32.1. The molecular weight excluding hydrogens is 320 g/mol. The minimum absolute atomic E-state index is 0.0534. The van der Waals surface area contributed by atoms with Crippen molar-refractivity contribution in [1.82, 2.24) is 10.2 Å². The minimum Gasteiger partial charge on any atom is -0.484 e. The Morgan fingerprint density at radius 3 is 2.83 bits per heavy atom. The molecule has 1 N–H and O–H groups in total. The number of thiophene rings is 1. The lowest BCUT2D eigenvalue weighted by Gasteiger charge is -2.34. The molecule has 1 aromatic carbocycles. The number of carbonyl (C=O) groups excluding carboxylic acids is 1. The summed E-state index contributed by atoms with van der Waals surface area (Å²) in [5.74, 6) is 0.796. The zero-order valence-electron chi connectivity index (χ0n) is 14.0. The predicted octanol–water partition coefficient (Wildman–Crippen LogP) is 3.22. The third kappa shape index (κ3) is 4.58. The Balaban J connectivity index is 1.64. The van der Waals surface area contributed by atoms with Crippen molar-refractivity contribution in [3.05, 3.63) is 52.2 Å². The first-order chi connectivity index (χ1) is 11.7. The normalized spacial score (nSPS) is 17.5. The SMILES string of the molecule is Cc1ccc(OCC(=O)N(Cc2cccs2)C2CCCNC2)cc1. The second-order valence-corrected chi connectivity index (χ2v) is 7.24. The summed E-state index contributed by atoms with van der Waals surface area (Å²) < 4.78 is 5.71. The molecule has 2 heterocycles. The van der Waals surface area contributed by atoms with Crippen molar-refractivity contribution in [3.8, 4) is 5.75 Å². The fourth-order valence-electron chi connectivity index (χ4n) is 2.95. The third-order valence-electron chi connectivity index (χ3n) is 4.32. The van der Waals surface area contributed by atoms with Crippen LogP contribution in [0, 0.1) is 6.92 Å². The molecule has 0 spiro atoms. The Morgan fingerprint density at radius 2 is 2.17 bits per heavy atom. The van der Waals surface area contributed by atoms with E-state index in [-0.39, 0.29) is 18.6 Å². The van der Waals surface area contributed by atoms with Gasteiger partial charge < -0.3 is 15.0 Å². The van der Waals surface area contributed by atoms with E-state index in [1.54, 1.807) is 11.3 Å². The van der Waals surface area contributed by atoms with Crippen molar-refractivity contribution in [3.63, 3.8) is 0 Å². The number of ether oxygens (including phenoxy) is 1. The van der Waals surface area contributed by atoms with Gasteiger partial charge in [0, 0.05) is 17.5 Å². The van der Waals surface area contributed by atoms with Crippen LogP contribution in [0.25, 0.3) is 0 Å². The van der Waals surface area contributed by atoms with Crippen LogP contribution in [0.3, 0.4) is 0 Å². The van der Waals surface area contributed by atoms with E-state index in [4.69, 9.17) is 4.74 Å². The average Bonchev–Trinajstić information content (AvgIpc) is 3.13. The van der Waals surface area contributed by atoms with Gasteiger partial charge in [-0.1, -0.05) is 23.8 Å². The highest BCUT2D eigenvalue weighted by Crippen LogP contribution is 2.19. The molecule has 1 aliphatic rings. The lowest BCUT2D eigenvalue weighted by molar-refractivity contribution is -0.136. The van der Waals surface area contributed by atoms with Gasteiger partial charge in [-0.2, -0.15) is 0 Å². The van der Waals surface area contributed by atoms with E-state index < -0.39 is 0 Å². The van der Waals surface area contributed by atoms with Crippen LogP contribution in [0.1, 0.15) is 23.3 Å². The van der Waals surface area contributed by atoms with Crippen LogP contribution in [0.2, 0.25) is 0 Å². The molecule has 128 valence electrons. The molecule has 1 aliphatic heterocycles. The number of hydrogen-bond donors (Lipinski definition) is 1. The number of carbonyl (C=O) groups is 1. The summed E-state index contributed by atoms with van der Waals surface area (Å²) >= 11 is 1.69. The van der Waals surface area contributed by atoms with E-state index >= 15 is 0 Å². The summed E-state index contributed by atoms with van der Waals surface area (Å²) in [4.78, 5) is 16.0. The van der Waals surface area contributed by atoms with Gasteiger partial charge in [0.05, 0.1) is 6.54 Å².